The second-order valence-corrected chi connectivity index (χ2v) is 4.44. The molecule has 0 radical (unpaired) electrons. The van der Waals surface area contributed by atoms with Crippen LogP contribution in [0.25, 0.3) is 0 Å². The average molecular weight is 264 g/mol. The third kappa shape index (κ3) is 5.30. The molecule has 106 valence electrons. The Morgan fingerprint density at radius 2 is 2.05 bits per heavy atom. The van der Waals surface area contributed by atoms with Crippen molar-refractivity contribution in [1.82, 2.24) is 10.6 Å². The lowest BCUT2D eigenvalue weighted by atomic mass is 10.2. The molecule has 1 unspecified atom stereocenters. The van der Waals surface area contributed by atoms with Gasteiger partial charge in [0.2, 0.25) is 0 Å². The Hall–Kier alpha value is -1.55. The van der Waals surface area contributed by atoms with Crippen LogP contribution in [0.5, 0.6) is 5.75 Å². The number of carbonyl (C=O) groups is 1. The summed E-state index contributed by atoms with van der Waals surface area (Å²) in [7, 11) is 0. The number of ether oxygens (including phenoxy) is 1. The third-order valence-electron chi connectivity index (χ3n) is 2.76. The molecule has 0 aliphatic heterocycles. The lowest BCUT2D eigenvalue weighted by molar-refractivity contribution is -0.127. The summed E-state index contributed by atoms with van der Waals surface area (Å²) in [4.78, 5) is 11.8. The molecular weight excluding hydrogens is 240 g/mol. The van der Waals surface area contributed by atoms with Crippen LogP contribution in [0.3, 0.4) is 0 Å². The molecule has 19 heavy (non-hydrogen) atoms. The Bertz CT molecular complexity index is 393. The van der Waals surface area contributed by atoms with Crippen molar-refractivity contribution in [2.24, 2.45) is 0 Å². The molecule has 0 aliphatic rings. The summed E-state index contributed by atoms with van der Waals surface area (Å²) in [5, 5.41) is 6.10. The summed E-state index contributed by atoms with van der Waals surface area (Å²) in [5.74, 6) is 0.697. The van der Waals surface area contributed by atoms with E-state index in [1.807, 2.05) is 31.2 Å². The summed E-state index contributed by atoms with van der Waals surface area (Å²) in [6, 6.07) is 7.80. The van der Waals surface area contributed by atoms with Gasteiger partial charge < -0.3 is 15.4 Å². The number of carbonyl (C=O) groups excluding carboxylic acids is 1. The molecule has 0 heterocycles. The summed E-state index contributed by atoms with van der Waals surface area (Å²) in [6.45, 7) is 8.19. The second kappa shape index (κ2) is 8.53. The highest BCUT2D eigenvalue weighted by molar-refractivity contribution is 5.80. The van der Waals surface area contributed by atoms with Crippen LogP contribution >= 0.6 is 0 Å². The normalized spacial score (nSPS) is 11.9. The Morgan fingerprint density at radius 1 is 1.32 bits per heavy atom. The third-order valence-corrected chi connectivity index (χ3v) is 2.76. The van der Waals surface area contributed by atoms with Crippen molar-refractivity contribution in [1.29, 1.82) is 0 Å². The van der Waals surface area contributed by atoms with Crippen LogP contribution in [0.1, 0.15) is 32.8 Å². The molecule has 4 heteroatoms. The van der Waals surface area contributed by atoms with Crippen LogP contribution in [0.15, 0.2) is 24.3 Å². The number of rotatable bonds is 8. The van der Waals surface area contributed by atoms with Crippen molar-refractivity contribution in [3.8, 4) is 5.75 Å². The first-order valence-electron chi connectivity index (χ1n) is 6.92. The van der Waals surface area contributed by atoms with Crippen LogP contribution < -0.4 is 15.4 Å². The number of para-hydroxylation sites is 1. The molecule has 1 aromatic rings. The Kier molecular flexibility index (Phi) is 6.97. The van der Waals surface area contributed by atoms with E-state index in [9.17, 15) is 4.79 Å². The van der Waals surface area contributed by atoms with Gasteiger partial charge in [-0.25, -0.2) is 0 Å². The van der Waals surface area contributed by atoms with Gasteiger partial charge in [0.1, 0.15) is 5.75 Å². The van der Waals surface area contributed by atoms with Gasteiger partial charge in [-0.3, -0.25) is 4.79 Å². The predicted molar refractivity (Wildman–Crippen MR) is 77.2 cm³/mol. The summed E-state index contributed by atoms with van der Waals surface area (Å²) < 4.78 is 5.75. The Balaban J connectivity index is 2.62. The van der Waals surface area contributed by atoms with Gasteiger partial charge in [0.15, 0.2) is 6.10 Å². The van der Waals surface area contributed by atoms with Crippen LogP contribution in [-0.4, -0.2) is 25.1 Å². The maximum atomic E-state index is 11.8. The molecule has 0 spiro atoms. The minimum atomic E-state index is -0.477. The molecule has 2 N–H and O–H groups in total. The minimum Gasteiger partial charge on any atom is -0.481 e. The lowest BCUT2D eigenvalue weighted by Crippen LogP contribution is -2.36. The number of amides is 1. The highest BCUT2D eigenvalue weighted by Crippen LogP contribution is 2.19. The Morgan fingerprint density at radius 3 is 2.74 bits per heavy atom. The van der Waals surface area contributed by atoms with E-state index in [0.717, 1.165) is 30.8 Å². The van der Waals surface area contributed by atoms with Gasteiger partial charge in [-0.2, -0.15) is 0 Å². The van der Waals surface area contributed by atoms with E-state index in [-0.39, 0.29) is 5.91 Å². The van der Waals surface area contributed by atoms with Crippen molar-refractivity contribution >= 4 is 5.91 Å². The van der Waals surface area contributed by atoms with Gasteiger partial charge in [0.25, 0.3) is 5.91 Å². The van der Waals surface area contributed by atoms with Gasteiger partial charge in [-0.15, -0.1) is 0 Å². The molecule has 0 bridgehead atoms. The zero-order valence-corrected chi connectivity index (χ0v) is 12.0. The van der Waals surface area contributed by atoms with E-state index in [2.05, 4.69) is 17.6 Å². The largest absolute Gasteiger partial charge is 0.481 e. The van der Waals surface area contributed by atoms with Crippen molar-refractivity contribution in [3.63, 3.8) is 0 Å². The van der Waals surface area contributed by atoms with Gasteiger partial charge in [0.05, 0.1) is 0 Å². The molecule has 1 aromatic carbocycles. The first-order chi connectivity index (χ1) is 9.19. The monoisotopic (exact) mass is 264 g/mol. The number of benzene rings is 1. The molecule has 0 aromatic heterocycles. The topological polar surface area (TPSA) is 50.4 Å². The maximum absolute atomic E-state index is 11.8. The predicted octanol–water partition coefficient (Wildman–Crippen LogP) is 2.09. The van der Waals surface area contributed by atoms with E-state index in [1.165, 1.54) is 0 Å². The molecule has 0 saturated carbocycles. The fourth-order valence-electron chi connectivity index (χ4n) is 1.66. The van der Waals surface area contributed by atoms with E-state index in [4.69, 9.17) is 4.74 Å². The van der Waals surface area contributed by atoms with Crippen molar-refractivity contribution in [3.05, 3.63) is 29.8 Å². The number of nitrogens with one attached hydrogen (secondary N) is 2. The fourth-order valence-corrected chi connectivity index (χ4v) is 1.66. The summed E-state index contributed by atoms with van der Waals surface area (Å²) in [5.41, 5.74) is 1.07. The van der Waals surface area contributed by atoms with Gasteiger partial charge in [-0.1, -0.05) is 32.0 Å². The van der Waals surface area contributed by atoms with Gasteiger partial charge in [0, 0.05) is 18.7 Å². The van der Waals surface area contributed by atoms with Gasteiger partial charge >= 0.3 is 0 Å². The summed E-state index contributed by atoms with van der Waals surface area (Å²) >= 11 is 0. The van der Waals surface area contributed by atoms with E-state index in [1.54, 1.807) is 6.92 Å². The SMILES string of the molecule is CCCNC(=O)C(C)Oc1ccccc1CNCC. The van der Waals surface area contributed by atoms with E-state index < -0.39 is 6.10 Å². The number of hydrogen-bond donors (Lipinski definition) is 2. The number of hydrogen-bond acceptors (Lipinski definition) is 3. The molecule has 1 rings (SSSR count). The van der Waals surface area contributed by atoms with Crippen LogP contribution in [0.2, 0.25) is 0 Å². The molecule has 4 nitrogen and oxygen atoms in total. The zero-order valence-electron chi connectivity index (χ0n) is 12.0. The molecule has 1 amide bonds. The molecular formula is C15H24N2O2. The highest BCUT2D eigenvalue weighted by Gasteiger charge is 2.15. The quantitative estimate of drug-likeness (QED) is 0.756. The zero-order chi connectivity index (χ0) is 14.1. The minimum absolute atomic E-state index is 0.0693. The van der Waals surface area contributed by atoms with Crippen molar-refractivity contribution in [2.75, 3.05) is 13.1 Å². The molecule has 0 aliphatic carbocycles. The standard InChI is InChI=1S/C15H24N2O2/c1-4-10-17-15(18)12(3)19-14-9-7-6-8-13(14)11-16-5-2/h6-9,12,16H,4-5,10-11H2,1-3H3,(H,17,18). The Labute approximate surface area is 115 Å². The molecule has 1 atom stereocenters. The maximum Gasteiger partial charge on any atom is 0.260 e. The van der Waals surface area contributed by atoms with Crippen molar-refractivity contribution < 1.29 is 9.53 Å². The average Bonchev–Trinajstić information content (AvgIpc) is 2.43. The molecule has 0 saturated heterocycles. The van der Waals surface area contributed by atoms with E-state index in [0.29, 0.717) is 6.54 Å². The summed E-state index contributed by atoms with van der Waals surface area (Å²) in [6.07, 6.45) is 0.449. The fraction of sp³-hybridized carbons (Fsp3) is 0.533. The molecule has 0 fully saturated rings. The van der Waals surface area contributed by atoms with Crippen molar-refractivity contribution in [2.45, 2.75) is 39.8 Å². The van der Waals surface area contributed by atoms with Gasteiger partial charge in [-0.05, 0) is 26.0 Å². The first-order valence-corrected chi connectivity index (χ1v) is 6.92. The van der Waals surface area contributed by atoms with Crippen LogP contribution in [0.4, 0.5) is 0 Å². The highest BCUT2D eigenvalue weighted by atomic mass is 16.5. The lowest BCUT2D eigenvalue weighted by Gasteiger charge is -2.17. The van der Waals surface area contributed by atoms with E-state index >= 15 is 0 Å². The smallest absolute Gasteiger partial charge is 0.260 e. The second-order valence-electron chi connectivity index (χ2n) is 4.44. The van der Waals surface area contributed by atoms with Crippen LogP contribution in [-0.2, 0) is 11.3 Å². The van der Waals surface area contributed by atoms with Crippen LogP contribution in [0, 0.1) is 0 Å². The first kappa shape index (κ1) is 15.5.